The standard InChI is InChI=1S/C23H39N5O/c1-2-24-23(26-13-9-17-29-21-10-5-3-6-11-21)27-19-20-12-14-25-22(18-20)28-15-7-4-8-16-28/h12,14,18,21H,2-11,13,15-17,19H2,1H3,(H2,24,26,27). The number of ether oxygens (including phenoxy) is 1. The van der Waals surface area contributed by atoms with Gasteiger partial charge in [0.15, 0.2) is 5.96 Å². The van der Waals surface area contributed by atoms with Crippen molar-refractivity contribution in [3.63, 3.8) is 0 Å². The maximum Gasteiger partial charge on any atom is 0.191 e. The third-order valence-electron chi connectivity index (χ3n) is 5.77. The highest BCUT2D eigenvalue weighted by Gasteiger charge is 2.13. The molecule has 0 spiro atoms. The van der Waals surface area contributed by atoms with E-state index < -0.39 is 0 Å². The van der Waals surface area contributed by atoms with E-state index in [-0.39, 0.29) is 0 Å². The number of aliphatic imine (C=N–C) groups is 1. The lowest BCUT2D eigenvalue weighted by Crippen LogP contribution is -2.38. The summed E-state index contributed by atoms with van der Waals surface area (Å²) in [4.78, 5) is 11.7. The van der Waals surface area contributed by atoms with Gasteiger partial charge < -0.3 is 20.3 Å². The maximum atomic E-state index is 6.01. The van der Waals surface area contributed by atoms with Gasteiger partial charge in [-0.25, -0.2) is 9.98 Å². The Hall–Kier alpha value is -1.82. The second kappa shape index (κ2) is 12.7. The van der Waals surface area contributed by atoms with Crippen molar-refractivity contribution in [3.05, 3.63) is 23.9 Å². The van der Waals surface area contributed by atoms with Gasteiger partial charge in [-0.2, -0.15) is 0 Å². The monoisotopic (exact) mass is 401 g/mol. The van der Waals surface area contributed by atoms with Crippen LogP contribution in [-0.4, -0.2) is 49.8 Å². The molecule has 0 unspecified atom stereocenters. The summed E-state index contributed by atoms with van der Waals surface area (Å²) < 4.78 is 6.01. The van der Waals surface area contributed by atoms with E-state index in [0.717, 1.165) is 51.0 Å². The second-order valence-electron chi connectivity index (χ2n) is 8.18. The Morgan fingerprint density at radius 1 is 1.14 bits per heavy atom. The first-order chi connectivity index (χ1) is 14.3. The number of hydrogen-bond donors (Lipinski definition) is 2. The molecule has 1 aromatic rings. The highest BCUT2D eigenvalue weighted by Crippen LogP contribution is 2.20. The summed E-state index contributed by atoms with van der Waals surface area (Å²) >= 11 is 0. The quantitative estimate of drug-likeness (QED) is 0.374. The van der Waals surface area contributed by atoms with Crippen molar-refractivity contribution in [1.29, 1.82) is 0 Å². The molecule has 0 atom stereocenters. The van der Waals surface area contributed by atoms with Crippen molar-refractivity contribution in [3.8, 4) is 0 Å². The summed E-state index contributed by atoms with van der Waals surface area (Å²) in [6, 6.07) is 4.26. The lowest BCUT2D eigenvalue weighted by molar-refractivity contribution is 0.0277. The highest BCUT2D eigenvalue weighted by atomic mass is 16.5. The largest absolute Gasteiger partial charge is 0.378 e. The Bertz CT molecular complexity index is 609. The number of rotatable bonds is 9. The van der Waals surface area contributed by atoms with Crippen LogP contribution in [0.4, 0.5) is 5.82 Å². The van der Waals surface area contributed by atoms with Crippen molar-refractivity contribution < 1.29 is 4.74 Å². The van der Waals surface area contributed by atoms with Crippen molar-refractivity contribution in [1.82, 2.24) is 15.6 Å². The minimum Gasteiger partial charge on any atom is -0.378 e. The van der Waals surface area contributed by atoms with Gasteiger partial charge in [0.2, 0.25) is 0 Å². The number of guanidine groups is 1. The van der Waals surface area contributed by atoms with Crippen molar-refractivity contribution in [2.24, 2.45) is 4.99 Å². The Labute approximate surface area is 176 Å². The van der Waals surface area contributed by atoms with E-state index in [1.54, 1.807) is 0 Å². The Morgan fingerprint density at radius 3 is 2.72 bits per heavy atom. The second-order valence-corrected chi connectivity index (χ2v) is 8.18. The summed E-state index contributed by atoms with van der Waals surface area (Å²) in [6.45, 7) is 7.58. The number of aromatic nitrogens is 1. The van der Waals surface area contributed by atoms with Gasteiger partial charge in [-0.3, -0.25) is 0 Å². The number of piperidine rings is 1. The first kappa shape index (κ1) is 21.9. The summed E-state index contributed by atoms with van der Waals surface area (Å²) in [5, 5.41) is 6.78. The van der Waals surface area contributed by atoms with Crippen LogP contribution in [0.1, 0.15) is 70.3 Å². The number of hydrogen-bond acceptors (Lipinski definition) is 4. The maximum absolute atomic E-state index is 6.01. The Balaban J connectivity index is 1.42. The van der Waals surface area contributed by atoms with Gasteiger partial charge in [0.25, 0.3) is 0 Å². The summed E-state index contributed by atoms with van der Waals surface area (Å²) in [5.41, 5.74) is 1.21. The van der Waals surface area contributed by atoms with Crippen LogP contribution >= 0.6 is 0 Å². The van der Waals surface area contributed by atoms with Gasteiger partial charge >= 0.3 is 0 Å². The molecule has 0 amide bonds. The van der Waals surface area contributed by atoms with Gasteiger partial charge in [0.1, 0.15) is 5.82 Å². The lowest BCUT2D eigenvalue weighted by Gasteiger charge is -2.27. The molecule has 1 saturated heterocycles. The summed E-state index contributed by atoms with van der Waals surface area (Å²) in [6.07, 6.45) is 13.8. The molecule has 0 radical (unpaired) electrons. The van der Waals surface area contributed by atoms with Crippen molar-refractivity contribution in [2.75, 3.05) is 37.7 Å². The number of nitrogens with zero attached hydrogens (tertiary/aromatic N) is 3. The minimum atomic E-state index is 0.492. The third-order valence-corrected chi connectivity index (χ3v) is 5.77. The smallest absolute Gasteiger partial charge is 0.191 e. The molecule has 2 fully saturated rings. The topological polar surface area (TPSA) is 61.8 Å². The van der Waals surface area contributed by atoms with Crippen LogP contribution in [0.25, 0.3) is 0 Å². The van der Waals surface area contributed by atoms with Gasteiger partial charge in [-0.05, 0) is 63.1 Å². The van der Waals surface area contributed by atoms with Crippen LogP contribution in [0.5, 0.6) is 0 Å². The molecule has 1 aliphatic carbocycles. The van der Waals surface area contributed by atoms with Crippen LogP contribution in [0.15, 0.2) is 23.3 Å². The normalized spacial score (nSPS) is 18.7. The average molecular weight is 402 g/mol. The zero-order valence-corrected chi connectivity index (χ0v) is 18.2. The molecule has 6 heteroatoms. The minimum absolute atomic E-state index is 0.492. The predicted molar refractivity (Wildman–Crippen MR) is 121 cm³/mol. The molecule has 1 aromatic heterocycles. The molecule has 2 aliphatic rings. The van der Waals surface area contributed by atoms with Gasteiger partial charge in [0.05, 0.1) is 12.6 Å². The predicted octanol–water partition coefficient (Wildman–Crippen LogP) is 3.87. The fourth-order valence-corrected chi connectivity index (χ4v) is 4.13. The molecular formula is C23H39N5O. The zero-order valence-electron chi connectivity index (χ0n) is 18.2. The van der Waals surface area contributed by atoms with Crippen LogP contribution in [0.2, 0.25) is 0 Å². The third kappa shape index (κ3) is 7.84. The summed E-state index contributed by atoms with van der Waals surface area (Å²) in [7, 11) is 0. The fourth-order valence-electron chi connectivity index (χ4n) is 4.13. The van der Waals surface area contributed by atoms with Crippen LogP contribution in [0.3, 0.4) is 0 Å². The zero-order chi connectivity index (χ0) is 20.2. The van der Waals surface area contributed by atoms with Crippen molar-refractivity contribution >= 4 is 11.8 Å². The van der Waals surface area contributed by atoms with Gasteiger partial charge in [0, 0.05) is 39.0 Å². The van der Waals surface area contributed by atoms with Gasteiger partial charge in [-0.15, -0.1) is 0 Å². The van der Waals surface area contributed by atoms with E-state index >= 15 is 0 Å². The Kier molecular flexibility index (Phi) is 9.57. The van der Waals surface area contributed by atoms with Gasteiger partial charge in [-0.1, -0.05) is 19.3 Å². The number of nitrogens with one attached hydrogen (secondary N) is 2. The highest BCUT2D eigenvalue weighted by molar-refractivity contribution is 5.79. The first-order valence-electron chi connectivity index (χ1n) is 11.7. The number of anilines is 1. The van der Waals surface area contributed by atoms with Crippen LogP contribution in [-0.2, 0) is 11.3 Å². The molecule has 0 bridgehead atoms. The van der Waals surface area contributed by atoms with E-state index in [1.807, 2.05) is 6.20 Å². The lowest BCUT2D eigenvalue weighted by atomic mass is 9.98. The Morgan fingerprint density at radius 2 is 1.93 bits per heavy atom. The summed E-state index contributed by atoms with van der Waals surface area (Å²) in [5.74, 6) is 1.97. The number of pyridine rings is 1. The molecule has 162 valence electrons. The molecule has 3 rings (SSSR count). The molecular weight excluding hydrogens is 362 g/mol. The van der Waals surface area contributed by atoms with E-state index in [9.17, 15) is 0 Å². The molecule has 6 nitrogen and oxygen atoms in total. The van der Waals surface area contributed by atoms with E-state index in [1.165, 1.54) is 56.9 Å². The molecule has 0 aromatic carbocycles. The SMILES string of the molecule is CCNC(=NCc1ccnc(N2CCCCC2)c1)NCCCOC1CCCCC1. The first-order valence-corrected chi connectivity index (χ1v) is 11.7. The van der Waals surface area contributed by atoms with E-state index in [0.29, 0.717) is 12.6 Å². The van der Waals surface area contributed by atoms with Crippen LogP contribution < -0.4 is 15.5 Å². The van der Waals surface area contributed by atoms with Crippen LogP contribution in [0, 0.1) is 0 Å². The molecule has 1 aliphatic heterocycles. The fraction of sp³-hybridized carbons (Fsp3) is 0.739. The van der Waals surface area contributed by atoms with Crippen molar-refractivity contribution in [2.45, 2.75) is 77.4 Å². The molecule has 2 N–H and O–H groups in total. The molecule has 1 saturated carbocycles. The van der Waals surface area contributed by atoms with E-state index in [4.69, 9.17) is 9.73 Å². The average Bonchev–Trinajstić information content (AvgIpc) is 2.78. The van der Waals surface area contributed by atoms with E-state index in [2.05, 4.69) is 39.6 Å². The molecule has 2 heterocycles. The molecule has 29 heavy (non-hydrogen) atoms.